The molecule has 4 heteroatoms. The van der Waals surface area contributed by atoms with Gasteiger partial charge in [-0.25, -0.2) is 0 Å². The number of aliphatic hydroxyl groups excluding tert-OH is 1. The number of aliphatic imine (C=N–C) groups is 1. The third-order valence-electron chi connectivity index (χ3n) is 4.36. The third-order valence-corrected chi connectivity index (χ3v) is 4.36. The van der Waals surface area contributed by atoms with E-state index in [-0.39, 0.29) is 12.7 Å². The summed E-state index contributed by atoms with van der Waals surface area (Å²) in [6, 6.07) is 0. The van der Waals surface area contributed by atoms with Crippen molar-refractivity contribution >= 4 is 5.71 Å². The van der Waals surface area contributed by atoms with Crippen molar-refractivity contribution in [2.45, 2.75) is 52.6 Å². The zero-order valence-electron chi connectivity index (χ0n) is 14.4. The van der Waals surface area contributed by atoms with Crippen LogP contribution in [0.4, 0.5) is 0 Å². The molecule has 1 aliphatic rings. The summed E-state index contributed by atoms with van der Waals surface area (Å²) in [6.07, 6.45) is 7.83. The first kappa shape index (κ1) is 18.9. The molecular weight excluding hydrogens is 276 g/mol. The molecule has 4 nitrogen and oxygen atoms in total. The molecular formula is C18H32N2O2. The van der Waals surface area contributed by atoms with Crippen LogP contribution < -0.4 is 0 Å². The number of aliphatic hydroxyl groups is 1. The molecule has 0 amide bonds. The Morgan fingerprint density at radius 3 is 2.59 bits per heavy atom. The topological polar surface area (TPSA) is 45.1 Å². The van der Waals surface area contributed by atoms with E-state index < -0.39 is 0 Å². The van der Waals surface area contributed by atoms with Crippen LogP contribution in [0.3, 0.4) is 0 Å². The highest BCUT2D eigenvalue weighted by Crippen LogP contribution is 2.17. The average Bonchev–Trinajstić information content (AvgIpc) is 2.55. The fraction of sp³-hybridized carbons (Fsp3) is 0.722. The fourth-order valence-corrected chi connectivity index (χ4v) is 2.66. The van der Waals surface area contributed by atoms with Crippen LogP contribution in [0.1, 0.15) is 46.5 Å². The molecule has 0 saturated carbocycles. The first-order valence-corrected chi connectivity index (χ1v) is 8.53. The van der Waals surface area contributed by atoms with E-state index in [1.807, 2.05) is 6.20 Å². The van der Waals surface area contributed by atoms with E-state index in [1.54, 1.807) is 6.08 Å². The van der Waals surface area contributed by atoms with Crippen molar-refractivity contribution in [1.82, 2.24) is 4.90 Å². The summed E-state index contributed by atoms with van der Waals surface area (Å²) in [7, 11) is 0. The number of likely N-dealkylation sites (tertiary alicyclic amines) is 1. The molecule has 0 aromatic heterocycles. The summed E-state index contributed by atoms with van der Waals surface area (Å²) in [6.45, 7) is 13.3. The van der Waals surface area contributed by atoms with E-state index in [2.05, 4.69) is 37.2 Å². The lowest BCUT2D eigenvalue weighted by Crippen LogP contribution is -2.38. The Bertz CT molecular complexity index is 383. The maximum Gasteiger partial charge on any atom is 0.137 e. The van der Waals surface area contributed by atoms with Gasteiger partial charge in [-0.1, -0.05) is 27.4 Å². The van der Waals surface area contributed by atoms with Gasteiger partial charge in [0.05, 0.1) is 12.8 Å². The number of ether oxygens (including phenoxy) is 1. The molecule has 0 aromatic rings. The van der Waals surface area contributed by atoms with Gasteiger partial charge < -0.3 is 14.7 Å². The van der Waals surface area contributed by atoms with Crippen LogP contribution in [0.15, 0.2) is 29.6 Å². The lowest BCUT2D eigenvalue weighted by Gasteiger charge is -2.31. The number of piperidine rings is 1. The van der Waals surface area contributed by atoms with Crippen molar-refractivity contribution in [3.63, 3.8) is 0 Å². The molecule has 0 aromatic carbocycles. The molecule has 1 heterocycles. The Morgan fingerprint density at radius 1 is 1.41 bits per heavy atom. The zero-order chi connectivity index (χ0) is 16.4. The highest BCUT2D eigenvalue weighted by Gasteiger charge is 2.20. The maximum atomic E-state index is 8.97. The summed E-state index contributed by atoms with van der Waals surface area (Å²) in [5.41, 5.74) is 1.21. The van der Waals surface area contributed by atoms with Crippen LogP contribution in [0.5, 0.6) is 0 Å². The Labute approximate surface area is 135 Å². The fourth-order valence-electron chi connectivity index (χ4n) is 2.66. The van der Waals surface area contributed by atoms with Crippen molar-refractivity contribution in [1.29, 1.82) is 0 Å². The second kappa shape index (κ2) is 10.6. The molecule has 0 spiro atoms. The van der Waals surface area contributed by atoms with Gasteiger partial charge in [-0.05, 0) is 37.7 Å². The van der Waals surface area contributed by atoms with Crippen LogP contribution in [0.25, 0.3) is 0 Å². The summed E-state index contributed by atoms with van der Waals surface area (Å²) >= 11 is 0. The largest absolute Gasteiger partial charge is 0.489 e. The number of hydrogen-bond acceptors (Lipinski definition) is 4. The number of rotatable bonds is 9. The minimum absolute atomic E-state index is 0.225. The van der Waals surface area contributed by atoms with E-state index in [0.29, 0.717) is 5.92 Å². The van der Waals surface area contributed by atoms with Crippen LogP contribution in [-0.2, 0) is 4.74 Å². The van der Waals surface area contributed by atoms with Crippen LogP contribution in [0.2, 0.25) is 0 Å². The summed E-state index contributed by atoms with van der Waals surface area (Å²) in [5.74, 6) is 1.27. The van der Waals surface area contributed by atoms with E-state index in [9.17, 15) is 0 Å². The zero-order valence-corrected chi connectivity index (χ0v) is 14.4. The second-order valence-electron chi connectivity index (χ2n) is 5.90. The van der Waals surface area contributed by atoms with Gasteiger partial charge >= 0.3 is 0 Å². The van der Waals surface area contributed by atoms with Gasteiger partial charge in [0.1, 0.15) is 11.9 Å². The first-order valence-electron chi connectivity index (χ1n) is 8.53. The Kier molecular flexibility index (Phi) is 9.09. The number of nitrogens with zero attached hydrogens (tertiary/aromatic N) is 2. The lowest BCUT2D eigenvalue weighted by atomic mass is 10.0. The van der Waals surface area contributed by atoms with Gasteiger partial charge in [-0.2, -0.15) is 0 Å². The maximum absolute atomic E-state index is 8.97. The van der Waals surface area contributed by atoms with E-state index in [1.165, 1.54) is 5.71 Å². The third kappa shape index (κ3) is 6.32. The molecule has 1 aliphatic heterocycles. The SMILES string of the molecule is C=C/C(=C\N=C(CC)C(C)CC)OC1CCN(CCO)CC1. The van der Waals surface area contributed by atoms with Crippen LogP contribution in [-0.4, -0.2) is 48.1 Å². The van der Waals surface area contributed by atoms with E-state index in [4.69, 9.17) is 9.84 Å². The predicted molar refractivity (Wildman–Crippen MR) is 93.1 cm³/mol. The molecule has 22 heavy (non-hydrogen) atoms. The van der Waals surface area contributed by atoms with Gasteiger partial charge in [0, 0.05) is 25.3 Å². The standard InChI is InChI=1S/C18H32N2O2/c1-5-15(4)18(7-3)19-14-16(6-2)22-17-8-10-20(11-9-17)12-13-21/h6,14-15,17,21H,2,5,7-13H2,1,3-4H3/b16-14+,19-18?. The normalized spacial score (nSPS) is 20.0. The molecule has 1 fully saturated rings. The van der Waals surface area contributed by atoms with Crippen molar-refractivity contribution in [2.24, 2.45) is 10.9 Å². The van der Waals surface area contributed by atoms with Gasteiger partial charge in [0.25, 0.3) is 0 Å². The van der Waals surface area contributed by atoms with Gasteiger partial charge in [0.2, 0.25) is 0 Å². The Morgan fingerprint density at radius 2 is 2.09 bits per heavy atom. The van der Waals surface area contributed by atoms with Gasteiger partial charge in [0.15, 0.2) is 0 Å². The average molecular weight is 308 g/mol. The summed E-state index contributed by atoms with van der Waals surface area (Å²) in [5, 5.41) is 8.97. The molecule has 0 radical (unpaired) electrons. The number of β-amino-alcohol motifs (C(OH)–C–C–N with tert-alkyl or cyclic N) is 1. The van der Waals surface area contributed by atoms with E-state index in [0.717, 1.165) is 51.1 Å². The molecule has 1 unspecified atom stereocenters. The molecule has 1 N–H and O–H groups in total. The van der Waals surface area contributed by atoms with Crippen molar-refractivity contribution in [3.8, 4) is 0 Å². The van der Waals surface area contributed by atoms with Gasteiger partial charge in [-0.15, -0.1) is 0 Å². The number of allylic oxidation sites excluding steroid dienone is 1. The Balaban J connectivity index is 2.56. The van der Waals surface area contributed by atoms with Crippen molar-refractivity contribution in [2.75, 3.05) is 26.2 Å². The van der Waals surface area contributed by atoms with E-state index >= 15 is 0 Å². The highest BCUT2D eigenvalue weighted by molar-refractivity contribution is 5.86. The van der Waals surface area contributed by atoms with Crippen molar-refractivity contribution in [3.05, 3.63) is 24.6 Å². The van der Waals surface area contributed by atoms with Gasteiger partial charge in [-0.3, -0.25) is 4.99 Å². The highest BCUT2D eigenvalue weighted by atomic mass is 16.5. The first-order chi connectivity index (χ1) is 10.6. The summed E-state index contributed by atoms with van der Waals surface area (Å²) < 4.78 is 6.02. The second-order valence-corrected chi connectivity index (χ2v) is 5.90. The smallest absolute Gasteiger partial charge is 0.137 e. The Hall–Kier alpha value is -1.13. The molecule has 1 atom stereocenters. The quantitative estimate of drug-likeness (QED) is 0.403. The van der Waals surface area contributed by atoms with Crippen molar-refractivity contribution < 1.29 is 9.84 Å². The minimum Gasteiger partial charge on any atom is -0.489 e. The molecule has 1 saturated heterocycles. The lowest BCUT2D eigenvalue weighted by molar-refractivity contribution is 0.0496. The monoisotopic (exact) mass is 308 g/mol. The number of hydrogen-bond donors (Lipinski definition) is 1. The minimum atomic E-state index is 0.225. The van der Waals surface area contributed by atoms with Crippen LogP contribution >= 0.6 is 0 Å². The predicted octanol–water partition coefficient (Wildman–Crippen LogP) is 3.38. The summed E-state index contributed by atoms with van der Waals surface area (Å²) in [4.78, 5) is 6.88. The van der Waals surface area contributed by atoms with Crippen LogP contribution in [0, 0.1) is 5.92 Å². The molecule has 1 rings (SSSR count). The molecule has 126 valence electrons. The molecule has 0 aliphatic carbocycles. The molecule has 0 bridgehead atoms.